The highest BCUT2D eigenvalue weighted by atomic mass is 35.5. The fourth-order valence-electron chi connectivity index (χ4n) is 2.99. The Balaban J connectivity index is 1.66. The van der Waals surface area contributed by atoms with Crippen LogP contribution in [0.5, 0.6) is 0 Å². The molecule has 3 aromatic rings. The molecule has 2 N–H and O–H groups in total. The molecule has 0 bridgehead atoms. The van der Waals surface area contributed by atoms with E-state index in [4.69, 9.17) is 23.2 Å². The minimum Gasteiger partial charge on any atom is -0.298 e. The Morgan fingerprint density at radius 3 is 2.55 bits per heavy atom. The predicted octanol–water partition coefficient (Wildman–Crippen LogP) is 4.91. The van der Waals surface area contributed by atoms with Crippen molar-refractivity contribution in [3.8, 4) is 0 Å². The van der Waals surface area contributed by atoms with E-state index in [0.717, 1.165) is 34.2 Å². The molecule has 1 saturated carbocycles. The predicted molar refractivity (Wildman–Crippen MR) is 117 cm³/mol. The largest absolute Gasteiger partial charge is 0.298 e. The van der Waals surface area contributed by atoms with Crippen molar-refractivity contribution in [3.63, 3.8) is 0 Å². The number of fused-ring (bicyclic) bond motifs is 1. The van der Waals surface area contributed by atoms with Crippen LogP contribution in [0.1, 0.15) is 34.3 Å². The summed E-state index contributed by atoms with van der Waals surface area (Å²) in [5.74, 6) is -0.553. The third kappa shape index (κ3) is 4.27. The lowest BCUT2D eigenvalue weighted by atomic mass is 10.1. The Morgan fingerprint density at radius 2 is 1.86 bits per heavy atom. The number of aryl methyl sites for hydroxylation is 2. The van der Waals surface area contributed by atoms with Crippen molar-refractivity contribution in [1.29, 1.82) is 0 Å². The number of anilines is 1. The van der Waals surface area contributed by atoms with Crippen LogP contribution in [0, 0.1) is 13.8 Å². The molecule has 0 unspecified atom stereocenters. The summed E-state index contributed by atoms with van der Waals surface area (Å²) < 4.78 is 28.6. The number of nitrogens with zero attached hydrogens (tertiary/aromatic N) is 1. The Bertz CT molecular complexity index is 1250. The molecule has 0 radical (unpaired) electrons. The molecule has 0 spiro atoms. The van der Waals surface area contributed by atoms with Gasteiger partial charge in [-0.1, -0.05) is 40.6 Å². The number of carbonyl (C=O) groups is 1. The summed E-state index contributed by atoms with van der Waals surface area (Å²) in [7, 11) is -3.84. The van der Waals surface area contributed by atoms with Crippen LogP contribution in [0.3, 0.4) is 0 Å². The Hall–Kier alpha value is -1.71. The van der Waals surface area contributed by atoms with Gasteiger partial charge in [-0.25, -0.2) is 18.1 Å². The van der Waals surface area contributed by atoms with E-state index in [2.05, 4.69) is 15.0 Å². The van der Waals surface area contributed by atoms with E-state index >= 15 is 0 Å². The second kappa shape index (κ2) is 7.52. The smallest absolute Gasteiger partial charge is 0.259 e. The Kier molecular flexibility index (Phi) is 5.33. The molecule has 1 heterocycles. The van der Waals surface area contributed by atoms with Crippen molar-refractivity contribution < 1.29 is 13.2 Å². The summed E-state index contributed by atoms with van der Waals surface area (Å²) in [5.41, 5.74) is 2.96. The van der Waals surface area contributed by atoms with Crippen LogP contribution in [0.15, 0.2) is 29.2 Å². The summed E-state index contributed by atoms with van der Waals surface area (Å²) in [6.45, 7) is 3.97. The summed E-state index contributed by atoms with van der Waals surface area (Å²) in [6, 6.07) is 6.38. The van der Waals surface area contributed by atoms with Gasteiger partial charge in [-0.15, -0.1) is 0 Å². The number of hydrogen-bond donors (Lipinski definition) is 2. The fraction of sp³-hybridized carbons (Fsp3) is 0.263. The van der Waals surface area contributed by atoms with Gasteiger partial charge in [0.05, 0.1) is 25.8 Å². The molecule has 1 fully saturated rings. The first-order valence-electron chi connectivity index (χ1n) is 8.84. The maximum absolute atomic E-state index is 12.8. The Morgan fingerprint density at radius 1 is 1.14 bits per heavy atom. The van der Waals surface area contributed by atoms with Gasteiger partial charge in [0.25, 0.3) is 5.91 Å². The lowest BCUT2D eigenvalue weighted by Gasteiger charge is -2.11. The van der Waals surface area contributed by atoms with Gasteiger partial charge in [0.1, 0.15) is 4.90 Å². The molecule has 2 aromatic carbocycles. The van der Waals surface area contributed by atoms with E-state index in [1.165, 1.54) is 23.5 Å². The summed E-state index contributed by atoms with van der Waals surface area (Å²) >= 11 is 13.6. The lowest BCUT2D eigenvalue weighted by Crippen LogP contribution is -2.26. The third-order valence-electron chi connectivity index (χ3n) is 4.50. The highest BCUT2D eigenvalue weighted by Gasteiger charge is 2.30. The molecule has 152 valence electrons. The van der Waals surface area contributed by atoms with Crippen molar-refractivity contribution in [1.82, 2.24) is 9.71 Å². The van der Waals surface area contributed by atoms with Gasteiger partial charge in [0.15, 0.2) is 5.13 Å². The number of benzene rings is 2. The van der Waals surface area contributed by atoms with Crippen LogP contribution in [0.2, 0.25) is 10.0 Å². The number of halogens is 2. The third-order valence-corrected chi connectivity index (χ3v) is 7.92. The van der Waals surface area contributed by atoms with E-state index in [0.29, 0.717) is 5.13 Å². The van der Waals surface area contributed by atoms with Crippen molar-refractivity contribution >= 4 is 65.8 Å². The van der Waals surface area contributed by atoms with Crippen LogP contribution in [-0.4, -0.2) is 25.4 Å². The van der Waals surface area contributed by atoms with E-state index in [1.807, 2.05) is 26.0 Å². The second-order valence-electron chi connectivity index (χ2n) is 7.06. The van der Waals surface area contributed by atoms with Crippen LogP contribution in [-0.2, 0) is 10.0 Å². The van der Waals surface area contributed by atoms with Crippen molar-refractivity contribution in [3.05, 3.63) is 51.0 Å². The van der Waals surface area contributed by atoms with Crippen LogP contribution >= 0.6 is 34.5 Å². The maximum atomic E-state index is 12.8. The number of rotatable bonds is 5. The van der Waals surface area contributed by atoms with Crippen molar-refractivity contribution in [2.45, 2.75) is 37.6 Å². The summed E-state index contributed by atoms with van der Waals surface area (Å²) in [5, 5.41) is 3.14. The highest BCUT2D eigenvalue weighted by Crippen LogP contribution is 2.33. The quantitative estimate of drug-likeness (QED) is 0.555. The van der Waals surface area contributed by atoms with Crippen LogP contribution in [0.4, 0.5) is 5.13 Å². The molecule has 1 aliphatic carbocycles. The minimum atomic E-state index is -3.84. The maximum Gasteiger partial charge on any atom is 0.259 e. The zero-order chi connectivity index (χ0) is 20.9. The number of aromatic nitrogens is 1. The number of hydrogen-bond acceptors (Lipinski definition) is 5. The molecule has 0 saturated heterocycles. The highest BCUT2D eigenvalue weighted by molar-refractivity contribution is 7.89. The molecule has 29 heavy (non-hydrogen) atoms. The molecule has 6 nitrogen and oxygen atoms in total. The van der Waals surface area contributed by atoms with Gasteiger partial charge in [0.2, 0.25) is 10.0 Å². The number of sulfonamides is 1. The average molecular weight is 470 g/mol. The SMILES string of the molecule is Cc1cc(C)c2sc(NC(=O)c3cc(S(=O)(=O)NC4CC4)c(Cl)cc3Cl)nc2c1. The molecule has 1 aromatic heterocycles. The average Bonchev–Trinajstić information content (AvgIpc) is 3.31. The van der Waals surface area contributed by atoms with Gasteiger partial charge in [-0.3, -0.25) is 10.1 Å². The molecule has 1 amide bonds. The molecular weight excluding hydrogens is 453 g/mol. The number of amides is 1. The standard InChI is InChI=1S/C19H17Cl2N3O3S2/c1-9-5-10(2)17-15(6-9)22-19(28-17)23-18(25)12-7-16(14(21)8-13(12)20)29(26,27)24-11-3-4-11/h5-8,11,24H,3-4H2,1-2H3,(H,22,23,25). The van der Waals surface area contributed by atoms with Gasteiger partial charge < -0.3 is 0 Å². The first kappa shape index (κ1) is 20.6. The first-order valence-corrected chi connectivity index (χ1v) is 11.9. The van der Waals surface area contributed by atoms with Gasteiger partial charge in [-0.2, -0.15) is 0 Å². The van der Waals surface area contributed by atoms with Crippen LogP contribution < -0.4 is 10.0 Å². The summed E-state index contributed by atoms with van der Waals surface area (Å²) in [4.78, 5) is 17.1. The Labute approximate surface area is 182 Å². The lowest BCUT2D eigenvalue weighted by molar-refractivity contribution is 0.102. The number of carbonyl (C=O) groups excluding carboxylic acids is 1. The van der Waals surface area contributed by atoms with Gasteiger partial charge in [-0.05, 0) is 56.0 Å². The zero-order valence-electron chi connectivity index (χ0n) is 15.5. The monoisotopic (exact) mass is 469 g/mol. The summed E-state index contributed by atoms with van der Waals surface area (Å²) in [6.07, 6.45) is 1.57. The normalized spacial score (nSPS) is 14.3. The number of thiazole rings is 1. The molecular formula is C19H17Cl2N3O3S2. The van der Waals surface area contributed by atoms with E-state index in [1.54, 1.807) is 0 Å². The minimum absolute atomic E-state index is 0.0133. The fourth-order valence-corrected chi connectivity index (χ4v) is 6.06. The van der Waals surface area contributed by atoms with Crippen molar-refractivity contribution in [2.75, 3.05) is 5.32 Å². The van der Waals surface area contributed by atoms with Crippen molar-refractivity contribution in [2.24, 2.45) is 0 Å². The van der Waals surface area contributed by atoms with E-state index < -0.39 is 15.9 Å². The zero-order valence-corrected chi connectivity index (χ0v) is 18.7. The van der Waals surface area contributed by atoms with E-state index in [9.17, 15) is 13.2 Å². The molecule has 1 aliphatic rings. The topological polar surface area (TPSA) is 88.2 Å². The van der Waals surface area contributed by atoms with Gasteiger partial charge in [0, 0.05) is 6.04 Å². The number of nitrogens with one attached hydrogen (secondary N) is 2. The molecule has 10 heteroatoms. The molecule has 0 atom stereocenters. The van der Waals surface area contributed by atoms with Crippen LogP contribution in [0.25, 0.3) is 10.2 Å². The van der Waals surface area contributed by atoms with Gasteiger partial charge >= 0.3 is 0 Å². The van der Waals surface area contributed by atoms with E-state index in [-0.39, 0.29) is 26.5 Å². The molecule has 4 rings (SSSR count). The second-order valence-corrected chi connectivity index (χ2v) is 10.6. The molecule has 0 aliphatic heterocycles. The first-order chi connectivity index (χ1) is 13.6.